The van der Waals surface area contributed by atoms with Gasteiger partial charge in [-0.15, -0.1) is 0 Å². The third-order valence-corrected chi connectivity index (χ3v) is 4.17. The van der Waals surface area contributed by atoms with E-state index in [4.69, 9.17) is 9.84 Å². The van der Waals surface area contributed by atoms with Crippen molar-refractivity contribution in [2.75, 3.05) is 7.11 Å². The van der Waals surface area contributed by atoms with Crippen molar-refractivity contribution < 1.29 is 14.6 Å². The monoisotopic (exact) mass is 312 g/mol. The summed E-state index contributed by atoms with van der Waals surface area (Å²) in [6.07, 6.45) is 2.50. The van der Waals surface area contributed by atoms with Gasteiger partial charge in [-0.05, 0) is 47.9 Å². The summed E-state index contributed by atoms with van der Waals surface area (Å²) in [6.45, 7) is 2.21. The summed E-state index contributed by atoms with van der Waals surface area (Å²) < 4.78 is 5.53. The average Bonchev–Trinajstić information content (AvgIpc) is 2.56. The predicted octanol–water partition coefficient (Wildman–Crippen LogP) is 4.45. The van der Waals surface area contributed by atoms with Crippen LogP contribution in [0.1, 0.15) is 42.4 Å². The molecule has 0 aliphatic carbocycles. The number of aryl methyl sites for hydroxylation is 1. The fourth-order valence-corrected chi connectivity index (χ4v) is 2.90. The topological polar surface area (TPSA) is 46.5 Å². The molecule has 2 aromatic rings. The fraction of sp³-hybridized carbons (Fsp3) is 0.350. The van der Waals surface area contributed by atoms with E-state index in [2.05, 4.69) is 37.3 Å². The maximum absolute atomic E-state index is 10.7. The Morgan fingerprint density at radius 2 is 1.87 bits per heavy atom. The maximum Gasteiger partial charge on any atom is 0.303 e. The van der Waals surface area contributed by atoms with Crippen LogP contribution in [0, 0.1) is 0 Å². The Bertz CT molecular complexity index is 635. The highest BCUT2D eigenvalue weighted by Gasteiger charge is 2.14. The predicted molar refractivity (Wildman–Crippen MR) is 92.1 cm³/mol. The van der Waals surface area contributed by atoms with Crippen LogP contribution >= 0.6 is 0 Å². The molecule has 0 saturated heterocycles. The summed E-state index contributed by atoms with van der Waals surface area (Å²) in [5.41, 5.74) is 3.68. The van der Waals surface area contributed by atoms with Crippen LogP contribution in [0.2, 0.25) is 0 Å². The minimum absolute atomic E-state index is 0.199. The van der Waals surface area contributed by atoms with E-state index in [9.17, 15) is 4.79 Å². The molecule has 0 aromatic heterocycles. The molecular formula is C20H24O3. The van der Waals surface area contributed by atoms with E-state index < -0.39 is 5.97 Å². The van der Waals surface area contributed by atoms with Gasteiger partial charge >= 0.3 is 5.97 Å². The summed E-state index contributed by atoms with van der Waals surface area (Å²) in [5, 5.41) is 8.83. The normalized spacial score (nSPS) is 11.9. The molecule has 0 aliphatic rings. The van der Waals surface area contributed by atoms with Gasteiger partial charge < -0.3 is 9.84 Å². The molecule has 1 unspecified atom stereocenters. The lowest BCUT2D eigenvalue weighted by Gasteiger charge is -2.18. The van der Waals surface area contributed by atoms with Crippen LogP contribution < -0.4 is 4.74 Å². The highest BCUT2D eigenvalue weighted by Crippen LogP contribution is 2.30. The first-order valence-corrected chi connectivity index (χ1v) is 8.03. The second kappa shape index (κ2) is 8.37. The molecule has 0 radical (unpaired) electrons. The second-order valence-corrected chi connectivity index (χ2v) is 5.86. The summed E-state index contributed by atoms with van der Waals surface area (Å²) in [7, 11) is 1.69. The Morgan fingerprint density at radius 1 is 1.13 bits per heavy atom. The standard InChI is InChI=1S/C20H24O3/c1-15(16-8-4-3-5-9-16)14-18-17(11-7-13-20(21)22)10-6-12-19(18)23-2/h3-6,8-10,12,15H,7,11,13-14H2,1-2H3,(H,21,22). The lowest BCUT2D eigenvalue weighted by atomic mass is 9.89. The molecular weight excluding hydrogens is 288 g/mol. The first kappa shape index (κ1) is 17.1. The van der Waals surface area contributed by atoms with Gasteiger partial charge in [-0.1, -0.05) is 49.4 Å². The van der Waals surface area contributed by atoms with Gasteiger partial charge in [0.05, 0.1) is 7.11 Å². The Hall–Kier alpha value is -2.29. The molecule has 0 amide bonds. The number of benzene rings is 2. The first-order valence-electron chi connectivity index (χ1n) is 8.03. The second-order valence-electron chi connectivity index (χ2n) is 5.86. The number of carboxylic acids is 1. The summed E-state index contributed by atoms with van der Waals surface area (Å²) in [5.74, 6) is 0.526. The molecule has 0 spiro atoms. The van der Waals surface area contributed by atoms with Gasteiger partial charge in [-0.25, -0.2) is 0 Å². The van der Waals surface area contributed by atoms with Crippen molar-refractivity contribution in [3.05, 3.63) is 65.2 Å². The first-order chi connectivity index (χ1) is 11.1. The van der Waals surface area contributed by atoms with Crippen molar-refractivity contribution in [1.29, 1.82) is 0 Å². The highest BCUT2D eigenvalue weighted by atomic mass is 16.5. The van der Waals surface area contributed by atoms with E-state index in [1.807, 2.05) is 18.2 Å². The van der Waals surface area contributed by atoms with Crippen LogP contribution in [0.4, 0.5) is 0 Å². The number of aliphatic carboxylic acids is 1. The zero-order chi connectivity index (χ0) is 16.7. The van der Waals surface area contributed by atoms with Crippen LogP contribution in [0.15, 0.2) is 48.5 Å². The lowest BCUT2D eigenvalue weighted by molar-refractivity contribution is -0.137. The van der Waals surface area contributed by atoms with Gasteiger partial charge in [0.1, 0.15) is 5.75 Å². The number of rotatable bonds is 8. The minimum atomic E-state index is -0.743. The molecule has 23 heavy (non-hydrogen) atoms. The van der Waals surface area contributed by atoms with Gasteiger partial charge in [-0.2, -0.15) is 0 Å². The van der Waals surface area contributed by atoms with Gasteiger partial charge in [-0.3, -0.25) is 4.79 Å². The molecule has 1 N–H and O–H groups in total. The third-order valence-electron chi connectivity index (χ3n) is 4.17. The van der Waals surface area contributed by atoms with Crippen molar-refractivity contribution in [3.8, 4) is 5.75 Å². The van der Waals surface area contributed by atoms with Crippen molar-refractivity contribution in [3.63, 3.8) is 0 Å². The summed E-state index contributed by atoms with van der Waals surface area (Å²) in [6, 6.07) is 16.5. The molecule has 1 atom stereocenters. The van der Waals surface area contributed by atoms with Crippen molar-refractivity contribution in [2.24, 2.45) is 0 Å². The van der Waals surface area contributed by atoms with Crippen LogP contribution in [0.3, 0.4) is 0 Å². The number of carboxylic acid groups (broad SMARTS) is 1. The summed E-state index contributed by atoms with van der Waals surface area (Å²) in [4.78, 5) is 10.7. The van der Waals surface area contributed by atoms with Crippen molar-refractivity contribution >= 4 is 5.97 Å². The van der Waals surface area contributed by atoms with Crippen molar-refractivity contribution in [2.45, 2.75) is 38.5 Å². The minimum Gasteiger partial charge on any atom is -0.496 e. The van der Waals surface area contributed by atoms with E-state index in [-0.39, 0.29) is 6.42 Å². The molecule has 0 bridgehead atoms. The van der Waals surface area contributed by atoms with Crippen molar-refractivity contribution in [1.82, 2.24) is 0 Å². The van der Waals surface area contributed by atoms with E-state index in [0.29, 0.717) is 12.3 Å². The zero-order valence-electron chi connectivity index (χ0n) is 13.8. The van der Waals surface area contributed by atoms with E-state index in [1.165, 1.54) is 16.7 Å². The van der Waals surface area contributed by atoms with Crippen LogP contribution in [0.25, 0.3) is 0 Å². The maximum atomic E-state index is 10.7. The molecule has 0 aliphatic heterocycles. The Balaban J connectivity index is 2.19. The summed E-state index contributed by atoms with van der Waals surface area (Å²) >= 11 is 0. The number of carbonyl (C=O) groups is 1. The molecule has 3 nitrogen and oxygen atoms in total. The smallest absolute Gasteiger partial charge is 0.303 e. The number of ether oxygens (including phenoxy) is 1. The zero-order valence-corrected chi connectivity index (χ0v) is 13.8. The highest BCUT2D eigenvalue weighted by molar-refractivity contribution is 5.66. The van der Waals surface area contributed by atoms with Gasteiger partial charge in [0.15, 0.2) is 0 Å². The number of hydrogen-bond acceptors (Lipinski definition) is 2. The van der Waals surface area contributed by atoms with Gasteiger partial charge in [0.25, 0.3) is 0 Å². The largest absolute Gasteiger partial charge is 0.496 e. The Morgan fingerprint density at radius 3 is 2.52 bits per heavy atom. The molecule has 0 fully saturated rings. The third kappa shape index (κ3) is 4.85. The van der Waals surface area contributed by atoms with Crippen LogP contribution in [-0.2, 0) is 17.6 Å². The fourth-order valence-electron chi connectivity index (χ4n) is 2.90. The van der Waals surface area contributed by atoms with E-state index in [1.54, 1.807) is 7.11 Å². The lowest BCUT2D eigenvalue weighted by Crippen LogP contribution is -2.05. The molecule has 0 heterocycles. The Labute approximate surface area is 137 Å². The van der Waals surface area contributed by atoms with Gasteiger partial charge in [0, 0.05) is 6.42 Å². The number of hydrogen-bond donors (Lipinski definition) is 1. The molecule has 2 aromatic carbocycles. The van der Waals surface area contributed by atoms with Crippen LogP contribution in [0.5, 0.6) is 5.75 Å². The average molecular weight is 312 g/mol. The Kier molecular flexibility index (Phi) is 6.21. The van der Waals surface area contributed by atoms with E-state index >= 15 is 0 Å². The molecule has 122 valence electrons. The SMILES string of the molecule is COc1cccc(CCCC(=O)O)c1CC(C)c1ccccc1. The number of methoxy groups -OCH3 is 1. The molecule has 0 saturated carbocycles. The quantitative estimate of drug-likeness (QED) is 0.783. The molecule has 2 rings (SSSR count). The van der Waals surface area contributed by atoms with Gasteiger partial charge in [0.2, 0.25) is 0 Å². The van der Waals surface area contributed by atoms with E-state index in [0.717, 1.165) is 18.6 Å². The van der Waals surface area contributed by atoms with Crippen LogP contribution in [-0.4, -0.2) is 18.2 Å². The molecule has 3 heteroatoms.